The highest BCUT2D eigenvalue weighted by molar-refractivity contribution is 7.93. The number of hydrogen-bond acceptors (Lipinski definition) is 3. The van der Waals surface area contributed by atoms with Crippen LogP contribution in [0, 0.1) is 0 Å². The first-order chi connectivity index (χ1) is 8.44. The number of nitrogens with zero attached hydrogens (tertiary/aromatic N) is 3. The molecule has 1 rings (SSSR count). The highest BCUT2D eigenvalue weighted by Gasteiger charge is 2.15. The van der Waals surface area contributed by atoms with E-state index in [4.69, 9.17) is 5.53 Å². The van der Waals surface area contributed by atoms with Crippen LogP contribution in [-0.4, -0.2) is 14.8 Å². The van der Waals surface area contributed by atoms with E-state index < -0.39 is 27.7 Å². The van der Waals surface area contributed by atoms with Crippen molar-refractivity contribution in [2.75, 3.05) is 0 Å². The first kappa shape index (κ1) is 14.1. The molecule has 0 aliphatic rings. The molecule has 0 aromatic heterocycles. The number of allylic oxidation sites excluding steroid dienone is 1. The first-order valence-corrected chi connectivity index (χ1v) is 6.47. The van der Waals surface area contributed by atoms with Crippen molar-refractivity contribution in [3.63, 3.8) is 0 Å². The van der Waals surface area contributed by atoms with Crippen molar-refractivity contribution in [3.8, 4) is 0 Å². The van der Waals surface area contributed by atoms with Gasteiger partial charge in [-0.3, -0.25) is 0 Å². The predicted molar refractivity (Wildman–Crippen MR) is 62.3 cm³/mol. The second kappa shape index (κ2) is 6.13. The Kier molecular flexibility index (Phi) is 4.82. The molecule has 0 spiro atoms. The second-order valence-electron chi connectivity index (χ2n) is 3.33. The molecule has 1 aromatic carbocycles. The maximum absolute atomic E-state index is 12.4. The van der Waals surface area contributed by atoms with Crippen LogP contribution < -0.4 is 0 Å². The number of alkyl halides is 2. The van der Waals surface area contributed by atoms with Crippen molar-refractivity contribution < 1.29 is 17.2 Å². The van der Waals surface area contributed by atoms with Crippen LogP contribution in [0.25, 0.3) is 10.4 Å². The number of benzene rings is 1. The van der Waals surface area contributed by atoms with E-state index in [0.717, 1.165) is 0 Å². The minimum absolute atomic E-state index is 0.310. The molecule has 5 nitrogen and oxygen atoms in total. The molecule has 0 N–H and O–H groups in total. The smallest absolute Gasteiger partial charge is 0.224 e. The summed E-state index contributed by atoms with van der Waals surface area (Å²) in [5.41, 5.74) is 7.42. The zero-order valence-electron chi connectivity index (χ0n) is 9.07. The largest absolute Gasteiger partial charge is 0.267 e. The molecule has 0 atom stereocenters. The van der Waals surface area contributed by atoms with E-state index in [9.17, 15) is 17.2 Å². The molecule has 96 valence electrons. The van der Waals surface area contributed by atoms with Crippen LogP contribution in [0.5, 0.6) is 0 Å². The molecule has 18 heavy (non-hydrogen) atoms. The summed E-state index contributed by atoms with van der Waals surface area (Å²) < 4.78 is 47.9. The lowest BCUT2D eigenvalue weighted by atomic mass is 10.2. The number of azide groups is 1. The SMILES string of the molecule is [N-]=[N+]=N/C(=C\S(=O)(=O)Cc1ccccc1)C(F)F. The molecule has 0 amide bonds. The van der Waals surface area contributed by atoms with Crippen LogP contribution >= 0.6 is 0 Å². The van der Waals surface area contributed by atoms with Gasteiger partial charge in [0.2, 0.25) is 0 Å². The maximum Gasteiger partial charge on any atom is 0.267 e. The third-order valence-electron chi connectivity index (χ3n) is 1.89. The van der Waals surface area contributed by atoms with Gasteiger partial charge >= 0.3 is 0 Å². The maximum atomic E-state index is 12.4. The van der Waals surface area contributed by atoms with Crippen molar-refractivity contribution in [1.82, 2.24) is 0 Å². The van der Waals surface area contributed by atoms with Crippen molar-refractivity contribution in [1.29, 1.82) is 0 Å². The summed E-state index contributed by atoms with van der Waals surface area (Å²) in [5, 5.41) is 2.97. The Labute approximate surface area is 102 Å². The summed E-state index contributed by atoms with van der Waals surface area (Å²) in [5.74, 6) is -0.426. The lowest BCUT2D eigenvalue weighted by Crippen LogP contribution is -2.04. The lowest BCUT2D eigenvalue weighted by Gasteiger charge is -2.02. The summed E-state index contributed by atoms with van der Waals surface area (Å²) >= 11 is 0. The fraction of sp³-hybridized carbons (Fsp3) is 0.200. The van der Waals surface area contributed by atoms with Crippen LogP contribution in [0.15, 0.2) is 46.6 Å². The van der Waals surface area contributed by atoms with Gasteiger partial charge in [-0.05, 0) is 11.1 Å². The van der Waals surface area contributed by atoms with Crippen molar-refractivity contribution in [3.05, 3.63) is 57.4 Å². The quantitative estimate of drug-likeness (QED) is 0.469. The van der Waals surface area contributed by atoms with Crippen molar-refractivity contribution >= 4 is 9.84 Å². The Morgan fingerprint density at radius 1 is 1.39 bits per heavy atom. The van der Waals surface area contributed by atoms with Crippen LogP contribution in [0.3, 0.4) is 0 Å². The Hall–Kier alpha value is -1.92. The fourth-order valence-corrected chi connectivity index (χ4v) is 2.46. The fourth-order valence-electron chi connectivity index (χ4n) is 1.20. The van der Waals surface area contributed by atoms with Gasteiger partial charge < -0.3 is 0 Å². The van der Waals surface area contributed by atoms with Crippen LogP contribution in [0.2, 0.25) is 0 Å². The molecule has 0 unspecified atom stereocenters. The lowest BCUT2D eigenvalue weighted by molar-refractivity contribution is 0.188. The van der Waals surface area contributed by atoms with Gasteiger partial charge in [-0.2, -0.15) is 0 Å². The highest BCUT2D eigenvalue weighted by atomic mass is 32.2. The minimum Gasteiger partial charge on any atom is -0.224 e. The average molecular weight is 273 g/mol. The van der Waals surface area contributed by atoms with E-state index in [-0.39, 0.29) is 0 Å². The summed E-state index contributed by atoms with van der Waals surface area (Å²) in [6.07, 6.45) is -3.13. The number of hydrogen-bond donors (Lipinski definition) is 0. The third kappa shape index (κ3) is 4.52. The van der Waals surface area contributed by atoms with Gasteiger partial charge in [0.05, 0.1) is 11.4 Å². The first-order valence-electron chi connectivity index (χ1n) is 4.76. The molecule has 0 radical (unpaired) electrons. The molecule has 8 heteroatoms. The second-order valence-corrected chi connectivity index (χ2v) is 5.18. The van der Waals surface area contributed by atoms with E-state index in [1.807, 2.05) is 0 Å². The molecular weight excluding hydrogens is 264 g/mol. The zero-order valence-corrected chi connectivity index (χ0v) is 9.89. The van der Waals surface area contributed by atoms with Crippen molar-refractivity contribution in [2.24, 2.45) is 5.11 Å². The van der Waals surface area contributed by atoms with Gasteiger partial charge in [-0.1, -0.05) is 35.4 Å². The Morgan fingerprint density at radius 2 is 2.00 bits per heavy atom. The van der Waals surface area contributed by atoms with Gasteiger partial charge in [0.15, 0.2) is 9.84 Å². The number of sulfone groups is 1. The molecule has 0 saturated carbocycles. The van der Waals surface area contributed by atoms with Crippen LogP contribution in [-0.2, 0) is 15.6 Å². The summed E-state index contributed by atoms with van der Waals surface area (Å²) in [4.78, 5) is 2.16. The zero-order chi connectivity index (χ0) is 13.6. The third-order valence-corrected chi connectivity index (χ3v) is 3.23. The number of rotatable bonds is 5. The van der Waals surface area contributed by atoms with Gasteiger partial charge in [0, 0.05) is 10.3 Å². The van der Waals surface area contributed by atoms with E-state index in [1.165, 1.54) is 0 Å². The van der Waals surface area contributed by atoms with Crippen LogP contribution in [0.4, 0.5) is 8.78 Å². The van der Waals surface area contributed by atoms with Crippen LogP contribution in [0.1, 0.15) is 5.56 Å². The monoisotopic (exact) mass is 273 g/mol. The van der Waals surface area contributed by atoms with E-state index in [1.54, 1.807) is 30.3 Å². The number of halogens is 2. The van der Waals surface area contributed by atoms with E-state index in [2.05, 4.69) is 10.0 Å². The summed E-state index contributed by atoms with van der Waals surface area (Å²) in [7, 11) is -3.91. The Balaban J connectivity index is 3.00. The normalized spacial score (nSPS) is 12.3. The summed E-state index contributed by atoms with van der Waals surface area (Å²) in [6, 6.07) is 8.09. The Bertz CT molecular complexity index is 578. The predicted octanol–water partition coefficient (Wildman–Crippen LogP) is 3.02. The highest BCUT2D eigenvalue weighted by Crippen LogP contribution is 2.15. The topological polar surface area (TPSA) is 82.9 Å². The molecular formula is C10H9F2N3O2S. The van der Waals surface area contributed by atoms with Gasteiger partial charge in [0.1, 0.15) is 0 Å². The molecule has 0 saturated heterocycles. The van der Waals surface area contributed by atoms with E-state index >= 15 is 0 Å². The average Bonchev–Trinajstić information content (AvgIpc) is 2.28. The van der Waals surface area contributed by atoms with Gasteiger partial charge in [-0.25, -0.2) is 17.2 Å². The van der Waals surface area contributed by atoms with Gasteiger partial charge in [-0.15, -0.1) is 0 Å². The Morgan fingerprint density at radius 3 is 2.50 bits per heavy atom. The molecule has 1 aromatic rings. The summed E-state index contributed by atoms with van der Waals surface area (Å²) in [6.45, 7) is 0. The molecule has 0 aliphatic carbocycles. The molecule has 0 heterocycles. The molecule has 0 fully saturated rings. The van der Waals surface area contributed by atoms with Gasteiger partial charge in [0.25, 0.3) is 6.43 Å². The van der Waals surface area contributed by atoms with Crippen molar-refractivity contribution in [2.45, 2.75) is 12.2 Å². The minimum atomic E-state index is -3.91. The van der Waals surface area contributed by atoms with E-state index in [0.29, 0.717) is 11.0 Å². The molecule has 0 aliphatic heterocycles. The standard InChI is InChI=1S/C10H9F2N3O2S/c11-10(12)9(14-15-13)7-18(16,17)6-8-4-2-1-3-5-8/h1-5,7,10H,6H2/b9-7-. The molecule has 0 bridgehead atoms.